The molecule has 0 saturated carbocycles. The van der Waals surface area contributed by atoms with Crippen LogP contribution in [0.4, 0.5) is 4.79 Å². The lowest BCUT2D eigenvalue weighted by atomic mass is 9.98. The van der Waals surface area contributed by atoms with Crippen LogP contribution in [-0.2, 0) is 19.1 Å². The average molecular weight is 449 g/mol. The molecule has 4 rings (SSSR count). The van der Waals surface area contributed by atoms with Gasteiger partial charge < -0.3 is 14.4 Å². The summed E-state index contributed by atoms with van der Waals surface area (Å²) in [6, 6.07) is 14.8. The molecule has 0 unspecified atom stereocenters. The van der Waals surface area contributed by atoms with E-state index in [-0.39, 0.29) is 18.4 Å². The van der Waals surface area contributed by atoms with Crippen LogP contribution in [0.2, 0.25) is 0 Å². The van der Waals surface area contributed by atoms with E-state index < -0.39 is 24.1 Å². The largest absolute Gasteiger partial charge is 0.448 e. The number of rotatable bonds is 6. The number of hydrogen-bond acceptors (Lipinski definition) is 5. The van der Waals surface area contributed by atoms with Crippen LogP contribution in [0.1, 0.15) is 36.8 Å². The Morgan fingerprint density at radius 2 is 1.73 bits per heavy atom. The first-order valence-electron chi connectivity index (χ1n) is 11.1. The highest BCUT2D eigenvalue weighted by molar-refractivity contribution is 5.90. The molecule has 1 heterocycles. The van der Waals surface area contributed by atoms with E-state index in [9.17, 15) is 14.4 Å². The molecule has 2 aliphatic rings. The Hall–Kier alpha value is -3.61. The lowest BCUT2D eigenvalue weighted by Crippen LogP contribution is -2.51. The standard InChI is InChI=1S/C26H28N2O5/c1-4-32-25(30)17(2)27(3)24(29)23-14-9-15-28(23)26(31)33-16-22-20-12-7-5-10-18(20)19-11-6-8-13-21(19)22/h4-8,10-13,17,22-23H,1,9,14-16H2,2-3H3/t17-,23-/m0/s1. The third kappa shape index (κ3) is 4.23. The zero-order valence-electron chi connectivity index (χ0n) is 18.9. The van der Waals surface area contributed by atoms with Gasteiger partial charge in [-0.25, -0.2) is 9.59 Å². The number of amides is 2. The number of likely N-dealkylation sites (tertiary alicyclic amines) is 1. The van der Waals surface area contributed by atoms with Crippen molar-refractivity contribution in [2.75, 3.05) is 20.2 Å². The second kappa shape index (κ2) is 9.48. The van der Waals surface area contributed by atoms with Crippen LogP contribution < -0.4 is 0 Å². The number of esters is 1. The number of carbonyl (C=O) groups excluding carboxylic acids is 3. The fourth-order valence-corrected chi connectivity index (χ4v) is 4.68. The molecule has 2 aromatic carbocycles. The van der Waals surface area contributed by atoms with Gasteiger partial charge in [0.2, 0.25) is 5.91 Å². The van der Waals surface area contributed by atoms with Crippen molar-refractivity contribution >= 4 is 18.0 Å². The van der Waals surface area contributed by atoms with Gasteiger partial charge in [0.25, 0.3) is 0 Å². The van der Waals surface area contributed by atoms with E-state index in [1.807, 2.05) is 24.3 Å². The summed E-state index contributed by atoms with van der Waals surface area (Å²) in [6.45, 7) is 5.58. The Morgan fingerprint density at radius 3 is 2.33 bits per heavy atom. The highest BCUT2D eigenvalue weighted by Crippen LogP contribution is 2.44. The van der Waals surface area contributed by atoms with Gasteiger partial charge in [-0.1, -0.05) is 55.1 Å². The molecule has 1 aliphatic heterocycles. The molecule has 7 heteroatoms. The third-order valence-electron chi connectivity index (χ3n) is 6.58. The summed E-state index contributed by atoms with van der Waals surface area (Å²) in [7, 11) is 1.53. The van der Waals surface area contributed by atoms with Crippen molar-refractivity contribution in [3.05, 3.63) is 72.5 Å². The van der Waals surface area contributed by atoms with Crippen LogP contribution >= 0.6 is 0 Å². The molecule has 2 aromatic rings. The maximum absolute atomic E-state index is 13.0. The first-order valence-corrected chi connectivity index (χ1v) is 11.1. The summed E-state index contributed by atoms with van der Waals surface area (Å²) >= 11 is 0. The second-order valence-electron chi connectivity index (χ2n) is 8.38. The molecule has 1 fully saturated rings. The molecule has 7 nitrogen and oxygen atoms in total. The predicted octanol–water partition coefficient (Wildman–Crippen LogP) is 3.93. The topological polar surface area (TPSA) is 76.2 Å². The Balaban J connectivity index is 1.44. The summed E-state index contributed by atoms with van der Waals surface area (Å²) < 4.78 is 10.5. The van der Waals surface area contributed by atoms with E-state index in [0.717, 1.165) is 28.5 Å². The van der Waals surface area contributed by atoms with Gasteiger partial charge in [0, 0.05) is 19.5 Å². The van der Waals surface area contributed by atoms with E-state index in [4.69, 9.17) is 9.47 Å². The van der Waals surface area contributed by atoms with Crippen LogP contribution in [0.25, 0.3) is 11.1 Å². The van der Waals surface area contributed by atoms with Crippen molar-refractivity contribution in [2.45, 2.75) is 37.8 Å². The maximum Gasteiger partial charge on any atom is 0.410 e. The van der Waals surface area contributed by atoms with E-state index in [1.54, 1.807) is 6.92 Å². The SMILES string of the molecule is C=COC(=O)[C@H](C)N(C)C(=O)[C@@H]1CCCN1C(=O)OCC1c2ccccc2-c2ccccc21. The van der Waals surface area contributed by atoms with Crippen LogP contribution in [-0.4, -0.2) is 60.1 Å². The number of hydrogen-bond donors (Lipinski definition) is 0. The number of benzene rings is 2. The van der Waals surface area contributed by atoms with E-state index in [0.29, 0.717) is 19.4 Å². The van der Waals surface area contributed by atoms with Crippen molar-refractivity contribution in [3.8, 4) is 11.1 Å². The van der Waals surface area contributed by atoms with Crippen molar-refractivity contribution in [2.24, 2.45) is 0 Å². The van der Waals surface area contributed by atoms with Gasteiger partial charge in [-0.15, -0.1) is 0 Å². The number of ether oxygens (including phenoxy) is 2. The van der Waals surface area contributed by atoms with Gasteiger partial charge in [0.05, 0.1) is 6.26 Å². The highest BCUT2D eigenvalue weighted by atomic mass is 16.6. The lowest BCUT2D eigenvalue weighted by Gasteiger charge is -2.30. The van der Waals surface area contributed by atoms with Crippen molar-refractivity contribution in [3.63, 3.8) is 0 Å². The Kier molecular flexibility index (Phi) is 6.49. The summed E-state index contributed by atoms with van der Waals surface area (Å²) in [4.78, 5) is 40.8. The summed E-state index contributed by atoms with van der Waals surface area (Å²) in [5, 5.41) is 0. The normalized spacial score (nSPS) is 17.6. The minimum Gasteiger partial charge on any atom is -0.448 e. The first-order chi connectivity index (χ1) is 15.9. The number of fused-ring (bicyclic) bond motifs is 3. The summed E-state index contributed by atoms with van der Waals surface area (Å²) in [6.07, 6.45) is 1.74. The van der Waals surface area contributed by atoms with Crippen LogP contribution in [0.5, 0.6) is 0 Å². The Labute approximate surface area is 193 Å². The van der Waals surface area contributed by atoms with Crippen molar-refractivity contribution < 1.29 is 23.9 Å². The van der Waals surface area contributed by atoms with Gasteiger partial charge in [-0.05, 0) is 42.0 Å². The van der Waals surface area contributed by atoms with Crippen LogP contribution in [0, 0.1) is 0 Å². The zero-order chi connectivity index (χ0) is 23.5. The molecule has 2 amide bonds. The minimum absolute atomic E-state index is 0.0468. The smallest absolute Gasteiger partial charge is 0.410 e. The summed E-state index contributed by atoms with van der Waals surface area (Å²) in [5.74, 6) is -0.935. The molecule has 172 valence electrons. The van der Waals surface area contributed by atoms with E-state index in [2.05, 4.69) is 30.8 Å². The zero-order valence-corrected chi connectivity index (χ0v) is 18.9. The highest BCUT2D eigenvalue weighted by Gasteiger charge is 2.39. The van der Waals surface area contributed by atoms with Gasteiger partial charge in [0.1, 0.15) is 18.7 Å². The maximum atomic E-state index is 13.0. The molecule has 1 saturated heterocycles. The van der Waals surface area contributed by atoms with Crippen LogP contribution in [0.15, 0.2) is 61.4 Å². The van der Waals surface area contributed by atoms with Gasteiger partial charge in [-0.3, -0.25) is 9.69 Å². The molecule has 0 N–H and O–H groups in total. The summed E-state index contributed by atoms with van der Waals surface area (Å²) in [5.41, 5.74) is 4.58. The van der Waals surface area contributed by atoms with E-state index in [1.165, 1.54) is 16.8 Å². The minimum atomic E-state index is -0.791. The van der Waals surface area contributed by atoms with Gasteiger partial charge in [-0.2, -0.15) is 0 Å². The Bertz CT molecular complexity index is 1040. The molecule has 1 aliphatic carbocycles. The number of likely N-dealkylation sites (N-methyl/N-ethyl adjacent to an activating group) is 1. The molecular weight excluding hydrogens is 420 g/mol. The van der Waals surface area contributed by atoms with Crippen molar-refractivity contribution in [1.29, 1.82) is 0 Å². The van der Waals surface area contributed by atoms with E-state index >= 15 is 0 Å². The lowest BCUT2D eigenvalue weighted by molar-refractivity contribution is -0.150. The predicted molar refractivity (Wildman–Crippen MR) is 123 cm³/mol. The Morgan fingerprint density at radius 1 is 1.12 bits per heavy atom. The third-order valence-corrected chi connectivity index (χ3v) is 6.58. The quantitative estimate of drug-likeness (QED) is 0.494. The second-order valence-corrected chi connectivity index (χ2v) is 8.38. The fraction of sp³-hybridized carbons (Fsp3) is 0.346. The molecule has 33 heavy (non-hydrogen) atoms. The van der Waals surface area contributed by atoms with Crippen LogP contribution in [0.3, 0.4) is 0 Å². The molecule has 2 atom stereocenters. The molecular formula is C26H28N2O5. The number of carbonyl (C=O) groups is 3. The molecule has 0 spiro atoms. The first kappa shape index (κ1) is 22.6. The average Bonchev–Trinajstić information content (AvgIpc) is 3.45. The monoisotopic (exact) mass is 448 g/mol. The fourth-order valence-electron chi connectivity index (χ4n) is 4.68. The number of nitrogens with zero attached hydrogens (tertiary/aromatic N) is 2. The molecule has 0 bridgehead atoms. The van der Waals surface area contributed by atoms with Crippen molar-refractivity contribution in [1.82, 2.24) is 9.80 Å². The molecule has 0 radical (unpaired) electrons. The molecule has 0 aromatic heterocycles. The van der Waals surface area contributed by atoms with Gasteiger partial charge in [0.15, 0.2) is 0 Å². The van der Waals surface area contributed by atoms with Gasteiger partial charge >= 0.3 is 12.1 Å².